The molecule has 0 spiro atoms. The molecular formula is C16H22N4O. The van der Waals surface area contributed by atoms with E-state index in [0.717, 1.165) is 42.2 Å². The standard InChI is InChI=1S/C16H22N4O/c1-4-8-17-14-10-13(11-21-3)19-16(20-14)15-12(5-2)7-6-9-18-15/h6-7,9-10H,4-5,8,11H2,1-3H3,(H,17,19,20). The Morgan fingerprint density at radius 2 is 2.10 bits per heavy atom. The Morgan fingerprint density at radius 1 is 1.24 bits per heavy atom. The highest BCUT2D eigenvalue weighted by Crippen LogP contribution is 2.20. The molecular weight excluding hydrogens is 264 g/mol. The third-order valence-electron chi connectivity index (χ3n) is 3.11. The largest absolute Gasteiger partial charge is 0.378 e. The molecule has 0 aliphatic carbocycles. The summed E-state index contributed by atoms with van der Waals surface area (Å²) in [6.07, 6.45) is 3.72. The molecule has 0 aliphatic heterocycles. The molecule has 0 radical (unpaired) electrons. The molecule has 0 aliphatic rings. The second kappa shape index (κ2) is 7.69. The van der Waals surface area contributed by atoms with E-state index < -0.39 is 0 Å². The maximum Gasteiger partial charge on any atom is 0.180 e. The maximum atomic E-state index is 5.20. The van der Waals surface area contributed by atoms with Crippen molar-refractivity contribution in [1.29, 1.82) is 0 Å². The number of hydrogen-bond donors (Lipinski definition) is 1. The normalized spacial score (nSPS) is 10.6. The van der Waals surface area contributed by atoms with Gasteiger partial charge < -0.3 is 10.1 Å². The quantitative estimate of drug-likeness (QED) is 0.847. The van der Waals surface area contributed by atoms with Crippen LogP contribution in [0.25, 0.3) is 11.5 Å². The third-order valence-corrected chi connectivity index (χ3v) is 3.11. The zero-order valence-corrected chi connectivity index (χ0v) is 12.9. The van der Waals surface area contributed by atoms with E-state index >= 15 is 0 Å². The predicted molar refractivity (Wildman–Crippen MR) is 84.1 cm³/mol. The number of anilines is 1. The first-order chi connectivity index (χ1) is 10.3. The monoisotopic (exact) mass is 286 g/mol. The highest BCUT2D eigenvalue weighted by Gasteiger charge is 2.11. The molecule has 2 aromatic heterocycles. The lowest BCUT2D eigenvalue weighted by Gasteiger charge is -2.10. The first-order valence-electron chi connectivity index (χ1n) is 7.33. The number of aromatic nitrogens is 3. The van der Waals surface area contributed by atoms with Crippen molar-refractivity contribution in [2.24, 2.45) is 0 Å². The summed E-state index contributed by atoms with van der Waals surface area (Å²) in [6, 6.07) is 5.93. The molecule has 2 heterocycles. The molecule has 2 aromatic rings. The minimum atomic E-state index is 0.463. The van der Waals surface area contributed by atoms with Gasteiger partial charge in [0.15, 0.2) is 5.82 Å². The molecule has 0 saturated heterocycles. The molecule has 0 amide bonds. The van der Waals surface area contributed by atoms with E-state index in [0.29, 0.717) is 12.4 Å². The van der Waals surface area contributed by atoms with Crippen LogP contribution in [-0.4, -0.2) is 28.6 Å². The molecule has 5 nitrogen and oxygen atoms in total. The lowest BCUT2D eigenvalue weighted by molar-refractivity contribution is 0.181. The Hall–Kier alpha value is -2.01. The predicted octanol–water partition coefficient (Wildman–Crippen LogP) is 3.07. The van der Waals surface area contributed by atoms with Gasteiger partial charge in [-0.2, -0.15) is 0 Å². The summed E-state index contributed by atoms with van der Waals surface area (Å²) in [4.78, 5) is 13.6. The van der Waals surface area contributed by atoms with Crippen LogP contribution < -0.4 is 5.32 Å². The second-order valence-corrected chi connectivity index (χ2v) is 4.79. The van der Waals surface area contributed by atoms with Crippen molar-refractivity contribution < 1.29 is 4.74 Å². The molecule has 0 bridgehead atoms. The van der Waals surface area contributed by atoms with E-state index in [1.54, 1.807) is 13.3 Å². The maximum absolute atomic E-state index is 5.20. The molecule has 0 fully saturated rings. The number of ether oxygens (including phenoxy) is 1. The summed E-state index contributed by atoms with van der Waals surface area (Å²) >= 11 is 0. The molecule has 2 rings (SSSR count). The van der Waals surface area contributed by atoms with Gasteiger partial charge in [-0.05, 0) is 24.5 Å². The number of pyridine rings is 1. The number of nitrogens with zero attached hydrogens (tertiary/aromatic N) is 3. The van der Waals surface area contributed by atoms with Gasteiger partial charge in [0, 0.05) is 25.9 Å². The van der Waals surface area contributed by atoms with E-state index in [1.807, 2.05) is 12.1 Å². The van der Waals surface area contributed by atoms with Crippen LogP contribution in [0.1, 0.15) is 31.5 Å². The second-order valence-electron chi connectivity index (χ2n) is 4.79. The Balaban J connectivity index is 2.43. The number of rotatable bonds is 7. The van der Waals surface area contributed by atoms with Crippen molar-refractivity contribution in [2.75, 3.05) is 19.0 Å². The van der Waals surface area contributed by atoms with Crippen LogP contribution in [0.4, 0.5) is 5.82 Å². The number of hydrogen-bond acceptors (Lipinski definition) is 5. The molecule has 0 aromatic carbocycles. The summed E-state index contributed by atoms with van der Waals surface area (Å²) in [5.74, 6) is 1.47. The highest BCUT2D eigenvalue weighted by molar-refractivity contribution is 5.57. The van der Waals surface area contributed by atoms with Crippen molar-refractivity contribution in [3.8, 4) is 11.5 Å². The Bertz CT molecular complexity index is 586. The molecule has 0 saturated carbocycles. The fourth-order valence-electron chi connectivity index (χ4n) is 2.09. The lowest BCUT2D eigenvalue weighted by Crippen LogP contribution is -2.07. The Labute approximate surface area is 125 Å². The summed E-state index contributed by atoms with van der Waals surface area (Å²) in [6.45, 7) is 5.57. The lowest BCUT2D eigenvalue weighted by atomic mass is 10.1. The third kappa shape index (κ3) is 3.98. The number of aryl methyl sites for hydroxylation is 1. The summed E-state index contributed by atoms with van der Waals surface area (Å²) in [7, 11) is 1.67. The topological polar surface area (TPSA) is 59.9 Å². The van der Waals surface area contributed by atoms with Gasteiger partial charge in [0.2, 0.25) is 0 Å². The Morgan fingerprint density at radius 3 is 2.81 bits per heavy atom. The van der Waals surface area contributed by atoms with E-state index in [4.69, 9.17) is 4.74 Å². The molecule has 1 N–H and O–H groups in total. The summed E-state index contributed by atoms with van der Waals surface area (Å²) < 4.78 is 5.20. The van der Waals surface area contributed by atoms with Crippen molar-refractivity contribution in [3.05, 3.63) is 35.7 Å². The number of nitrogens with one attached hydrogen (secondary N) is 1. The van der Waals surface area contributed by atoms with Gasteiger partial charge in [-0.3, -0.25) is 4.98 Å². The van der Waals surface area contributed by atoms with Gasteiger partial charge in [-0.15, -0.1) is 0 Å². The summed E-state index contributed by atoms with van der Waals surface area (Å²) in [5.41, 5.74) is 2.85. The van der Waals surface area contributed by atoms with Crippen LogP contribution in [-0.2, 0) is 17.8 Å². The van der Waals surface area contributed by atoms with Crippen LogP contribution in [0.3, 0.4) is 0 Å². The van der Waals surface area contributed by atoms with E-state index in [-0.39, 0.29) is 0 Å². The zero-order valence-electron chi connectivity index (χ0n) is 12.9. The van der Waals surface area contributed by atoms with Crippen LogP contribution >= 0.6 is 0 Å². The minimum Gasteiger partial charge on any atom is -0.378 e. The van der Waals surface area contributed by atoms with Crippen molar-refractivity contribution in [2.45, 2.75) is 33.3 Å². The highest BCUT2D eigenvalue weighted by atomic mass is 16.5. The van der Waals surface area contributed by atoms with Gasteiger partial charge >= 0.3 is 0 Å². The number of methoxy groups -OCH3 is 1. The van der Waals surface area contributed by atoms with Crippen LogP contribution in [0.2, 0.25) is 0 Å². The fraction of sp³-hybridized carbons (Fsp3) is 0.438. The fourth-order valence-corrected chi connectivity index (χ4v) is 2.09. The average molecular weight is 286 g/mol. The van der Waals surface area contributed by atoms with Gasteiger partial charge in [-0.25, -0.2) is 9.97 Å². The van der Waals surface area contributed by atoms with E-state index in [1.165, 1.54) is 0 Å². The molecule has 5 heteroatoms. The van der Waals surface area contributed by atoms with Crippen LogP contribution in [0.5, 0.6) is 0 Å². The average Bonchev–Trinajstić information content (AvgIpc) is 2.53. The van der Waals surface area contributed by atoms with Gasteiger partial charge in [-0.1, -0.05) is 19.9 Å². The van der Waals surface area contributed by atoms with Crippen molar-refractivity contribution in [3.63, 3.8) is 0 Å². The molecule has 0 atom stereocenters. The smallest absolute Gasteiger partial charge is 0.180 e. The van der Waals surface area contributed by atoms with E-state index in [9.17, 15) is 0 Å². The first kappa shape index (κ1) is 15.4. The van der Waals surface area contributed by atoms with Gasteiger partial charge in [0.1, 0.15) is 11.5 Å². The van der Waals surface area contributed by atoms with Crippen LogP contribution in [0.15, 0.2) is 24.4 Å². The van der Waals surface area contributed by atoms with E-state index in [2.05, 4.69) is 40.2 Å². The SMILES string of the molecule is CCCNc1cc(COC)nc(-c2ncccc2CC)n1. The van der Waals surface area contributed by atoms with Crippen molar-refractivity contribution in [1.82, 2.24) is 15.0 Å². The van der Waals surface area contributed by atoms with Gasteiger partial charge in [0.05, 0.1) is 12.3 Å². The molecule has 0 unspecified atom stereocenters. The zero-order chi connectivity index (χ0) is 15.1. The Kier molecular flexibility index (Phi) is 5.63. The first-order valence-corrected chi connectivity index (χ1v) is 7.33. The minimum absolute atomic E-state index is 0.463. The van der Waals surface area contributed by atoms with Gasteiger partial charge in [0.25, 0.3) is 0 Å². The molecule has 112 valence electrons. The van der Waals surface area contributed by atoms with Crippen LogP contribution in [0, 0.1) is 0 Å². The summed E-state index contributed by atoms with van der Waals surface area (Å²) in [5, 5.41) is 3.31. The van der Waals surface area contributed by atoms with Crippen molar-refractivity contribution >= 4 is 5.82 Å². The molecule has 21 heavy (non-hydrogen) atoms.